The van der Waals surface area contributed by atoms with E-state index in [2.05, 4.69) is 5.16 Å². The smallest absolute Gasteiger partial charge is 0.170 e. The molecule has 0 fully saturated rings. The topological polar surface area (TPSA) is 63.5 Å². The molecule has 0 aliphatic carbocycles. The van der Waals surface area contributed by atoms with E-state index in [9.17, 15) is 4.39 Å². The summed E-state index contributed by atoms with van der Waals surface area (Å²) in [5.74, 6) is -0.170. The highest BCUT2D eigenvalue weighted by atomic mass is 19.1. The maximum absolute atomic E-state index is 13.8. The summed E-state index contributed by atoms with van der Waals surface area (Å²) in [6.45, 7) is 0.426. The molecule has 0 saturated carbocycles. The van der Waals surface area contributed by atoms with Gasteiger partial charge in [-0.1, -0.05) is 35.5 Å². The van der Waals surface area contributed by atoms with Crippen molar-refractivity contribution in [1.29, 1.82) is 0 Å². The number of nitrogens with two attached hydrogens (primary N) is 1. The molecule has 2 aromatic carbocycles. The number of benzene rings is 2. The molecular weight excluding hydrogens is 269 g/mol. The van der Waals surface area contributed by atoms with E-state index in [4.69, 9.17) is 10.9 Å². The number of oxime groups is 1. The van der Waals surface area contributed by atoms with Crippen LogP contribution in [0.2, 0.25) is 0 Å². The van der Waals surface area contributed by atoms with Crippen molar-refractivity contribution in [3.05, 3.63) is 71.7 Å². The molecule has 0 aliphatic rings. The van der Waals surface area contributed by atoms with Crippen molar-refractivity contribution in [2.24, 2.45) is 10.9 Å². The number of aromatic nitrogens is 1. The second-order valence-corrected chi connectivity index (χ2v) is 4.76. The first-order valence-corrected chi connectivity index (χ1v) is 6.50. The lowest BCUT2D eigenvalue weighted by molar-refractivity contribution is 0.318. The fraction of sp³-hybridized carbons (Fsp3) is 0.0625. The summed E-state index contributed by atoms with van der Waals surface area (Å²) in [5.41, 5.74) is 7.85. The number of fused-ring (bicyclic) bond motifs is 1. The first-order valence-electron chi connectivity index (χ1n) is 6.50. The molecule has 0 saturated heterocycles. The summed E-state index contributed by atoms with van der Waals surface area (Å²) in [6.07, 6.45) is 1.87. The summed E-state index contributed by atoms with van der Waals surface area (Å²) in [6, 6.07) is 14.1. The van der Waals surface area contributed by atoms with E-state index in [1.165, 1.54) is 6.07 Å². The average molecular weight is 283 g/mol. The normalized spacial score (nSPS) is 12.0. The second-order valence-electron chi connectivity index (χ2n) is 4.76. The van der Waals surface area contributed by atoms with E-state index in [1.54, 1.807) is 18.2 Å². The second kappa shape index (κ2) is 5.28. The molecule has 106 valence electrons. The Hall–Kier alpha value is -2.82. The van der Waals surface area contributed by atoms with Gasteiger partial charge in [0.2, 0.25) is 0 Å². The lowest BCUT2D eigenvalue weighted by Crippen LogP contribution is -2.13. The van der Waals surface area contributed by atoms with Crippen molar-refractivity contribution in [2.45, 2.75) is 6.54 Å². The van der Waals surface area contributed by atoms with Crippen molar-refractivity contribution >= 4 is 16.7 Å². The van der Waals surface area contributed by atoms with Gasteiger partial charge >= 0.3 is 0 Å². The van der Waals surface area contributed by atoms with Gasteiger partial charge in [-0.15, -0.1) is 0 Å². The Bertz CT molecular complexity index is 823. The van der Waals surface area contributed by atoms with Crippen molar-refractivity contribution in [2.75, 3.05) is 0 Å². The SMILES string of the molecule is N/C(=N/O)c1cccc2c1ccn2Cc1ccccc1F. The fourth-order valence-electron chi connectivity index (χ4n) is 2.45. The van der Waals surface area contributed by atoms with Gasteiger partial charge in [0.05, 0.1) is 6.54 Å². The summed E-state index contributed by atoms with van der Waals surface area (Å²) >= 11 is 0. The van der Waals surface area contributed by atoms with Crippen LogP contribution in [0, 0.1) is 5.82 Å². The summed E-state index contributed by atoms with van der Waals surface area (Å²) < 4.78 is 15.7. The Kier molecular flexibility index (Phi) is 3.31. The van der Waals surface area contributed by atoms with Gasteiger partial charge in [0.25, 0.3) is 0 Å². The van der Waals surface area contributed by atoms with Gasteiger partial charge in [-0.2, -0.15) is 0 Å². The van der Waals surface area contributed by atoms with Gasteiger partial charge in [-0.3, -0.25) is 0 Å². The Morgan fingerprint density at radius 2 is 1.95 bits per heavy atom. The average Bonchev–Trinajstić information content (AvgIpc) is 2.92. The highest BCUT2D eigenvalue weighted by Gasteiger charge is 2.10. The van der Waals surface area contributed by atoms with Crippen molar-refractivity contribution in [1.82, 2.24) is 4.57 Å². The zero-order valence-corrected chi connectivity index (χ0v) is 11.2. The van der Waals surface area contributed by atoms with Crippen LogP contribution in [0.3, 0.4) is 0 Å². The summed E-state index contributed by atoms with van der Waals surface area (Å²) in [5, 5.41) is 12.7. The van der Waals surface area contributed by atoms with Crippen LogP contribution in [0.15, 0.2) is 59.9 Å². The van der Waals surface area contributed by atoms with Crippen molar-refractivity contribution < 1.29 is 9.60 Å². The number of halogens is 1. The van der Waals surface area contributed by atoms with Crippen LogP contribution in [0.25, 0.3) is 10.9 Å². The Morgan fingerprint density at radius 1 is 1.14 bits per heavy atom. The number of hydrogen-bond acceptors (Lipinski definition) is 2. The van der Waals surface area contributed by atoms with Crippen molar-refractivity contribution in [3.63, 3.8) is 0 Å². The van der Waals surface area contributed by atoms with Gasteiger partial charge in [-0.25, -0.2) is 4.39 Å². The maximum Gasteiger partial charge on any atom is 0.170 e. The molecule has 5 heteroatoms. The molecule has 1 aromatic heterocycles. The van der Waals surface area contributed by atoms with Crippen molar-refractivity contribution in [3.8, 4) is 0 Å². The third kappa shape index (κ3) is 2.33. The molecule has 0 amide bonds. The zero-order chi connectivity index (χ0) is 14.8. The lowest BCUT2D eigenvalue weighted by atomic mass is 10.1. The Labute approximate surface area is 120 Å². The molecule has 0 aliphatic heterocycles. The fourth-order valence-corrected chi connectivity index (χ4v) is 2.45. The van der Waals surface area contributed by atoms with Gasteiger partial charge in [0.15, 0.2) is 5.84 Å². The number of hydrogen-bond donors (Lipinski definition) is 2. The van der Waals surface area contributed by atoms with Crippen LogP contribution in [-0.2, 0) is 6.54 Å². The number of amidine groups is 1. The summed E-state index contributed by atoms with van der Waals surface area (Å²) in [7, 11) is 0. The van der Waals surface area contributed by atoms with Crippen LogP contribution in [0.1, 0.15) is 11.1 Å². The molecule has 21 heavy (non-hydrogen) atoms. The van der Waals surface area contributed by atoms with Crippen LogP contribution in [0.4, 0.5) is 4.39 Å². The van der Waals surface area contributed by atoms with E-state index in [-0.39, 0.29) is 11.7 Å². The van der Waals surface area contributed by atoms with Crippen LogP contribution < -0.4 is 5.73 Å². The third-order valence-corrected chi connectivity index (χ3v) is 3.50. The lowest BCUT2D eigenvalue weighted by Gasteiger charge is -2.08. The molecule has 3 aromatic rings. The van der Waals surface area contributed by atoms with Gasteiger partial charge < -0.3 is 15.5 Å². The van der Waals surface area contributed by atoms with Crippen LogP contribution in [0.5, 0.6) is 0 Å². The third-order valence-electron chi connectivity index (χ3n) is 3.50. The van der Waals surface area contributed by atoms with Gasteiger partial charge in [-0.05, 0) is 18.2 Å². The van der Waals surface area contributed by atoms with E-state index in [0.29, 0.717) is 17.7 Å². The molecule has 3 rings (SSSR count). The molecule has 0 radical (unpaired) electrons. The predicted molar refractivity (Wildman–Crippen MR) is 80.0 cm³/mol. The Morgan fingerprint density at radius 3 is 2.71 bits per heavy atom. The predicted octanol–water partition coefficient (Wildman–Crippen LogP) is 2.92. The first kappa shape index (κ1) is 13.2. The maximum atomic E-state index is 13.8. The Balaban J connectivity index is 2.08. The minimum absolute atomic E-state index is 0.0595. The quantitative estimate of drug-likeness (QED) is 0.336. The minimum atomic E-state index is -0.230. The van der Waals surface area contributed by atoms with E-state index < -0.39 is 0 Å². The standard InChI is InChI=1S/C16H14FN3O/c17-14-6-2-1-4-11(14)10-20-9-8-12-13(16(18)19-21)5-3-7-15(12)20/h1-9,21H,10H2,(H2,18,19). The summed E-state index contributed by atoms with van der Waals surface area (Å²) in [4.78, 5) is 0. The van der Waals surface area contributed by atoms with E-state index in [0.717, 1.165) is 10.9 Å². The highest BCUT2D eigenvalue weighted by Crippen LogP contribution is 2.22. The minimum Gasteiger partial charge on any atom is -0.409 e. The monoisotopic (exact) mass is 283 g/mol. The van der Waals surface area contributed by atoms with Gasteiger partial charge in [0, 0.05) is 28.2 Å². The molecule has 0 unspecified atom stereocenters. The first-order chi connectivity index (χ1) is 10.2. The number of rotatable bonds is 3. The van der Waals surface area contributed by atoms with E-state index >= 15 is 0 Å². The highest BCUT2D eigenvalue weighted by molar-refractivity contribution is 6.08. The number of nitrogens with zero attached hydrogens (tertiary/aromatic N) is 2. The van der Waals surface area contributed by atoms with Crippen LogP contribution in [-0.4, -0.2) is 15.6 Å². The molecule has 1 heterocycles. The largest absolute Gasteiger partial charge is 0.409 e. The molecule has 4 nitrogen and oxygen atoms in total. The molecule has 0 bridgehead atoms. The molecule has 3 N–H and O–H groups in total. The molecule has 0 spiro atoms. The molecular formula is C16H14FN3O. The van der Waals surface area contributed by atoms with Gasteiger partial charge in [0.1, 0.15) is 5.82 Å². The zero-order valence-electron chi connectivity index (χ0n) is 11.2. The molecule has 0 atom stereocenters. The van der Waals surface area contributed by atoms with Crippen LogP contribution >= 0.6 is 0 Å². The van der Waals surface area contributed by atoms with E-state index in [1.807, 2.05) is 35.0 Å².